The molecule has 0 bridgehead atoms. The van der Waals surface area contributed by atoms with Gasteiger partial charge in [0.1, 0.15) is 6.61 Å². The molecule has 1 aromatic rings. The van der Waals surface area contributed by atoms with Crippen LogP contribution < -0.4 is 20.1 Å². The monoisotopic (exact) mass is 292 g/mol. The lowest BCUT2D eigenvalue weighted by Crippen LogP contribution is -2.45. The van der Waals surface area contributed by atoms with E-state index in [-0.39, 0.29) is 18.2 Å². The lowest BCUT2D eigenvalue weighted by molar-refractivity contribution is 0.0909. The average molecular weight is 292 g/mol. The molecule has 1 saturated heterocycles. The van der Waals surface area contributed by atoms with E-state index < -0.39 is 0 Å². The summed E-state index contributed by atoms with van der Waals surface area (Å²) in [6, 6.07) is 7.32. The number of ether oxygens (including phenoxy) is 3. The van der Waals surface area contributed by atoms with E-state index in [2.05, 4.69) is 10.6 Å². The van der Waals surface area contributed by atoms with E-state index in [0.29, 0.717) is 19.7 Å². The summed E-state index contributed by atoms with van der Waals surface area (Å²) in [6.07, 6.45) is 2.06. The normalized spacial score (nSPS) is 23.6. The van der Waals surface area contributed by atoms with Crippen molar-refractivity contribution in [3.8, 4) is 11.5 Å². The topological polar surface area (TPSA) is 68.8 Å². The number of nitrogens with one attached hydrogen (secondary N) is 2. The zero-order valence-electron chi connectivity index (χ0n) is 11.8. The van der Waals surface area contributed by atoms with Crippen LogP contribution in [-0.4, -0.2) is 44.5 Å². The summed E-state index contributed by atoms with van der Waals surface area (Å²) in [6.45, 7) is 2.19. The zero-order valence-corrected chi connectivity index (χ0v) is 11.8. The van der Waals surface area contributed by atoms with Crippen LogP contribution in [0.1, 0.15) is 12.8 Å². The molecule has 2 aliphatic rings. The molecule has 0 saturated carbocycles. The SMILES string of the molecule is O=C(NC[C@H]1CCCO1)NC[C@H]1COc2ccccc2O1. The molecular formula is C15H20N2O4. The molecule has 1 fully saturated rings. The third-order valence-electron chi connectivity index (χ3n) is 3.57. The van der Waals surface area contributed by atoms with Crippen molar-refractivity contribution < 1.29 is 19.0 Å². The number of carbonyl (C=O) groups is 1. The minimum Gasteiger partial charge on any atom is -0.486 e. The predicted molar refractivity (Wildman–Crippen MR) is 76.7 cm³/mol. The fraction of sp³-hybridized carbons (Fsp3) is 0.533. The van der Waals surface area contributed by atoms with Crippen LogP contribution in [0.5, 0.6) is 11.5 Å². The molecule has 1 aromatic carbocycles. The van der Waals surface area contributed by atoms with Gasteiger partial charge in [-0.15, -0.1) is 0 Å². The number of amides is 2. The second-order valence-corrected chi connectivity index (χ2v) is 5.22. The first-order valence-electron chi connectivity index (χ1n) is 7.33. The predicted octanol–water partition coefficient (Wildman–Crippen LogP) is 1.30. The lowest BCUT2D eigenvalue weighted by atomic mass is 10.2. The van der Waals surface area contributed by atoms with Gasteiger partial charge in [0.2, 0.25) is 0 Å². The molecule has 0 aromatic heterocycles. The Morgan fingerprint density at radius 2 is 1.90 bits per heavy atom. The number of rotatable bonds is 4. The van der Waals surface area contributed by atoms with Crippen molar-refractivity contribution in [2.75, 3.05) is 26.3 Å². The van der Waals surface area contributed by atoms with E-state index in [1.807, 2.05) is 24.3 Å². The number of urea groups is 1. The average Bonchev–Trinajstić information content (AvgIpc) is 3.04. The fourth-order valence-corrected chi connectivity index (χ4v) is 2.44. The van der Waals surface area contributed by atoms with Gasteiger partial charge in [-0.2, -0.15) is 0 Å². The molecule has 2 heterocycles. The molecule has 2 N–H and O–H groups in total. The summed E-state index contributed by atoms with van der Waals surface area (Å²) in [5.74, 6) is 1.46. The van der Waals surface area contributed by atoms with Gasteiger partial charge in [-0.3, -0.25) is 0 Å². The van der Waals surface area contributed by atoms with Crippen molar-refractivity contribution in [2.24, 2.45) is 0 Å². The smallest absolute Gasteiger partial charge is 0.315 e. The van der Waals surface area contributed by atoms with Gasteiger partial charge in [0.25, 0.3) is 0 Å². The summed E-state index contributed by atoms with van der Waals surface area (Å²) >= 11 is 0. The Morgan fingerprint density at radius 3 is 2.67 bits per heavy atom. The molecule has 2 atom stereocenters. The maximum absolute atomic E-state index is 11.7. The molecule has 21 heavy (non-hydrogen) atoms. The number of hydrogen-bond acceptors (Lipinski definition) is 4. The number of carbonyl (C=O) groups excluding carboxylic acids is 1. The Bertz CT molecular complexity index is 488. The number of hydrogen-bond donors (Lipinski definition) is 2. The van der Waals surface area contributed by atoms with Crippen molar-refractivity contribution in [1.82, 2.24) is 10.6 Å². The molecule has 6 nitrogen and oxygen atoms in total. The van der Waals surface area contributed by atoms with Crippen LogP contribution in [-0.2, 0) is 4.74 Å². The first kappa shape index (κ1) is 14.0. The summed E-state index contributed by atoms with van der Waals surface area (Å²) < 4.78 is 16.8. The van der Waals surface area contributed by atoms with Crippen molar-refractivity contribution in [3.05, 3.63) is 24.3 Å². The van der Waals surface area contributed by atoms with Gasteiger partial charge < -0.3 is 24.8 Å². The molecular weight excluding hydrogens is 272 g/mol. The number of fused-ring (bicyclic) bond motifs is 1. The number of para-hydroxylation sites is 2. The quantitative estimate of drug-likeness (QED) is 0.878. The van der Waals surface area contributed by atoms with Gasteiger partial charge in [-0.1, -0.05) is 12.1 Å². The van der Waals surface area contributed by atoms with Crippen LogP contribution in [0.15, 0.2) is 24.3 Å². The molecule has 0 radical (unpaired) electrons. The van der Waals surface area contributed by atoms with E-state index in [0.717, 1.165) is 30.9 Å². The van der Waals surface area contributed by atoms with Crippen LogP contribution >= 0.6 is 0 Å². The molecule has 0 aliphatic carbocycles. The lowest BCUT2D eigenvalue weighted by Gasteiger charge is -2.26. The van der Waals surface area contributed by atoms with Crippen LogP contribution in [0.25, 0.3) is 0 Å². The van der Waals surface area contributed by atoms with Crippen LogP contribution in [0.3, 0.4) is 0 Å². The first-order valence-corrected chi connectivity index (χ1v) is 7.33. The highest BCUT2D eigenvalue weighted by Crippen LogP contribution is 2.30. The maximum Gasteiger partial charge on any atom is 0.315 e. The summed E-state index contributed by atoms with van der Waals surface area (Å²) in [5.41, 5.74) is 0. The minimum atomic E-state index is -0.201. The van der Waals surface area contributed by atoms with Gasteiger partial charge in [-0.25, -0.2) is 4.79 Å². The van der Waals surface area contributed by atoms with Crippen molar-refractivity contribution in [1.29, 1.82) is 0 Å². The second kappa shape index (κ2) is 6.67. The highest BCUT2D eigenvalue weighted by molar-refractivity contribution is 5.73. The Kier molecular flexibility index (Phi) is 4.45. The Labute approximate surface area is 123 Å². The Morgan fingerprint density at radius 1 is 1.14 bits per heavy atom. The van der Waals surface area contributed by atoms with E-state index in [1.54, 1.807) is 0 Å². The zero-order chi connectivity index (χ0) is 14.5. The molecule has 3 rings (SSSR count). The highest BCUT2D eigenvalue weighted by Gasteiger charge is 2.21. The van der Waals surface area contributed by atoms with Crippen LogP contribution in [0.4, 0.5) is 4.79 Å². The van der Waals surface area contributed by atoms with Gasteiger partial charge in [-0.05, 0) is 25.0 Å². The van der Waals surface area contributed by atoms with Crippen molar-refractivity contribution >= 4 is 6.03 Å². The molecule has 0 unspecified atom stereocenters. The van der Waals surface area contributed by atoms with Gasteiger partial charge in [0.05, 0.1) is 12.6 Å². The molecule has 6 heteroatoms. The standard InChI is InChI=1S/C15H20N2O4/c18-15(16-8-11-4-3-7-19-11)17-9-12-10-20-13-5-1-2-6-14(13)21-12/h1-2,5-6,11-12H,3-4,7-10H2,(H2,16,17,18)/t11-,12+/m1/s1. The number of benzene rings is 1. The Hall–Kier alpha value is -1.95. The van der Waals surface area contributed by atoms with Gasteiger partial charge in [0, 0.05) is 13.2 Å². The minimum absolute atomic E-state index is 0.150. The fourth-order valence-electron chi connectivity index (χ4n) is 2.44. The van der Waals surface area contributed by atoms with Crippen molar-refractivity contribution in [3.63, 3.8) is 0 Å². The summed E-state index contributed by atoms with van der Waals surface area (Å²) in [5, 5.41) is 5.61. The molecule has 2 amide bonds. The molecule has 0 spiro atoms. The third-order valence-corrected chi connectivity index (χ3v) is 3.57. The van der Waals surface area contributed by atoms with Gasteiger partial charge >= 0.3 is 6.03 Å². The maximum atomic E-state index is 11.7. The van der Waals surface area contributed by atoms with E-state index in [9.17, 15) is 4.79 Å². The first-order chi connectivity index (χ1) is 10.3. The Balaban J connectivity index is 1.38. The van der Waals surface area contributed by atoms with E-state index in [4.69, 9.17) is 14.2 Å². The van der Waals surface area contributed by atoms with E-state index >= 15 is 0 Å². The van der Waals surface area contributed by atoms with E-state index in [1.165, 1.54) is 0 Å². The molecule has 2 aliphatic heterocycles. The van der Waals surface area contributed by atoms with Gasteiger partial charge in [0.15, 0.2) is 17.6 Å². The van der Waals surface area contributed by atoms with Crippen LogP contribution in [0.2, 0.25) is 0 Å². The summed E-state index contributed by atoms with van der Waals surface area (Å²) in [4.78, 5) is 11.7. The van der Waals surface area contributed by atoms with Crippen LogP contribution in [0, 0.1) is 0 Å². The highest BCUT2D eigenvalue weighted by atomic mass is 16.6. The largest absolute Gasteiger partial charge is 0.486 e. The molecule has 114 valence electrons. The summed E-state index contributed by atoms with van der Waals surface area (Å²) in [7, 11) is 0. The van der Waals surface area contributed by atoms with Crippen molar-refractivity contribution in [2.45, 2.75) is 25.0 Å². The third kappa shape index (κ3) is 3.78. The second-order valence-electron chi connectivity index (χ2n) is 5.22.